The van der Waals surface area contributed by atoms with Crippen LogP contribution in [0.2, 0.25) is 0 Å². The van der Waals surface area contributed by atoms with Crippen molar-refractivity contribution in [1.29, 1.82) is 0 Å². The highest BCUT2D eigenvalue weighted by Crippen LogP contribution is 2.43. The van der Waals surface area contributed by atoms with E-state index in [1.54, 1.807) is 0 Å². The standard InChI is InChI=1S/C20H35BO2/c1-6-15-7-9-16(10-8-15)17-11-13-18(14-12-17)21-22-19(2,3)20(4,5)23-21/h13,15-17H,6-12,14H2,1-5H3. The summed E-state index contributed by atoms with van der Waals surface area (Å²) in [6.07, 6.45) is 13.4. The zero-order valence-electron chi connectivity index (χ0n) is 15.9. The van der Waals surface area contributed by atoms with Gasteiger partial charge >= 0.3 is 7.12 Å². The molecule has 1 aliphatic heterocycles. The Hall–Kier alpha value is -0.275. The molecule has 3 rings (SSSR count). The van der Waals surface area contributed by atoms with Gasteiger partial charge in [0.2, 0.25) is 0 Å². The maximum Gasteiger partial charge on any atom is 0.490 e. The predicted molar refractivity (Wildman–Crippen MR) is 97.2 cm³/mol. The molecule has 0 radical (unpaired) electrons. The molecular formula is C20H35BO2. The quantitative estimate of drug-likeness (QED) is 0.634. The Morgan fingerprint density at radius 2 is 1.57 bits per heavy atom. The van der Waals surface area contributed by atoms with E-state index in [9.17, 15) is 0 Å². The van der Waals surface area contributed by atoms with Gasteiger partial charge in [-0.3, -0.25) is 0 Å². The molecule has 0 spiro atoms. The SMILES string of the molecule is CCC1CCC(C2CC=C(B3OC(C)(C)C(C)(C)O3)CC2)CC1. The number of rotatable bonds is 3. The van der Waals surface area contributed by atoms with E-state index in [-0.39, 0.29) is 18.3 Å². The molecule has 2 aliphatic carbocycles. The highest BCUT2D eigenvalue weighted by Gasteiger charge is 2.52. The zero-order valence-corrected chi connectivity index (χ0v) is 15.9. The van der Waals surface area contributed by atoms with Crippen molar-refractivity contribution < 1.29 is 9.31 Å². The fourth-order valence-corrected chi connectivity index (χ4v) is 4.58. The van der Waals surface area contributed by atoms with Gasteiger partial charge in [0.15, 0.2) is 0 Å². The molecule has 23 heavy (non-hydrogen) atoms. The van der Waals surface area contributed by atoms with Crippen molar-refractivity contribution in [2.45, 2.75) is 97.2 Å². The molecule has 0 aromatic rings. The van der Waals surface area contributed by atoms with Gasteiger partial charge in [-0.1, -0.05) is 32.3 Å². The number of hydrogen-bond donors (Lipinski definition) is 0. The van der Waals surface area contributed by atoms with Crippen LogP contribution in [0.15, 0.2) is 11.5 Å². The molecule has 0 bridgehead atoms. The van der Waals surface area contributed by atoms with Gasteiger partial charge in [0.05, 0.1) is 11.2 Å². The van der Waals surface area contributed by atoms with Crippen LogP contribution in [-0.4, -0.2) is 18.3 Å². The van der Waals surface area contributed by atoms with Crippen molar-refractivity contribution in [2.24, 2.45) is 17.8 Å². The zero-order chi connectivity index (χ0) is 16.7. The summed E-state index contributed by atoms with van der Waals surface area (Å²) in [6, 6.07) is 0. The predicted octanol–water partition coefficient (Wildman–Crippen LogP) is 5.56. The highest BCUT2D eigenvalue weighted by atomic mass is 16.7. The van der Waals surface area contributed by atoms with Crippen LogP contribution in [-0.2, 0) is 9.31 Å². The minimum Gasteiger partial charge on any atom is -0.400 e. The fraction of sp³-hybridized carbons (Fsp3) is 0.900. The van der Waals surface area contributed by atoms with E-state index in [0.717, 1.165) is 24.2 Å². The average molecular weight is 318 g/mol. The van der Waals surface area contributed by atoms with Crippen LogP contribution in [0.3, 0.4) is 0 Å². The lowest BCUT2D eigenvalue weighted by Gasteiger charge is -2.35. The molecule has 0 amide bonds. The van der Waals surface area contributed by atoms with E-state index < -0.39 is 0 Å². The Labute approximate surface area is 143 Å². The second kappa shape index (κ2) is 6.56. The van der Waals surface area contributed by atoms with E-state index in [4.69, 9.17) is 9.31 Å². The van der Waals surface area contributed by atoms with Crippen LogP contribution in [0.5, 0.6) is 0 Å². The van der Waals surface area contributed by atoms with E-state index in [1.807, 2.05) is 0 Å². The first-order chi connectivity index (χ1) is 10.8. The van der Waals surface area contributed by atoms with Gasteiger partial charge in [-0.05, 0) is 83.0 Å². The van der Waals surface area contributed by atoms with Gasteiger partial charge in [0.25, 0.3) is 0 Å². The normalized spacial score (nSPS) is 36.8. The monoisotopic (exact) mass is 318 g/mol. The van der Waals surface area contributed by atoms with Crippen molar-refractivity contribution in [1.82, 2.24) is 0 Å². The average Bonchev–Trinajstić information content (AvgIpc) is 2.76. The maximum absolute atomic E-state index is 6.22. The van der Waals surface area contributed by atoms with Crippen molar-refractivity contribution in [3.05, 3.63) is 11.5 Å². The summed E-state index contributed by atoms with van der Waals surface area (Å²) in [4.78, 5) is 0. The van der Waals surface area contributed by atoms with E-state index in [0.29, 0.717) is 0 Å². The van der Waals surface area contributed by atoms with E-state index in [2.05, 4.69) is 40.7 Å². The summed E-state index contributed by atoms with van der Waals surface area (Å²) >= 11 is 0. The second-order valence-electron chi connectivity index (χ2n) is 9.09. The van der Waals surface area contributed by atoms with E-state index in [1.165, 1.54) is 50.4 Å². The molecule has 1 atom stereocenters. The van der Waals surface area contributed by atoms with Gasteiger partial charge in [-0.15, -0.1) is 0 Å². The first kappa shape index (κ1) is 17.5. The molecular weight excluding hydrogens is 283 g/mol. The summed E-state index contributed by atoms with van der Waals surface area (Å²) in [5.74, 6) is 2.87. The second-order valence-corrected chi connectivity index (χ2v) is 9.09. The van der Waals surface area contributed by atoms with Gasteiger partial charge < -0.3 is 9.31 Å². The molecule has 1 heterocycles. The molecule has 0 N–H and O–H groups in total. The van der Waals surface area contributed by atoms with Crippen LogP contribution >= 0.6 is 0 Å². The largest absolute Gasteiger partial charge is 0.490 e. The van der Waals surface area contributed by atoms with Gasteiger partial charge in [0, 0.05) is 0 Å². The van der Waals surface area contributed by atoms with Crippen molar-refractivity contribution in [3.8, 4) is 0 Å². The Kier molecular flexibility index (Phi) is 5.00. The van der Waals surface area contributed by atoms with Gasteiger partial charge in [-0.2, -0.15) is 0 Å². The number of hydrogen-bond acceptors (Lipinski definition) is 2. The van der Waals surface area contributed by atoms with E-state index >= 15 is 0 Å². The lowest BCUT2D eigenvalue weighted by atomic mass is 9.66. The van der Waals surface area contributed by atoms with Gasteiger partial charge in [-0.25, -0.2) is 0 Å². The topological polar surface area (TPSA) is 18.5 Å². The molecule has 1 unspecified atom stereocenters. The molecule has 2 fully saturated rings. The summed E-state index contributed by atoms with van der Waals surface area (Å²) in [5, 5.41) is 0. The summed E-state index contributed by atoms with van der Waals surface area (Å²) < 4.78 is 12.4. The van der Waals surface area contributed by atoms with Crippen molar-refractivity contribution >= 4 is 7.12 Å². The molecule has 1 saturated heterocycles. The van der Waals surface area contributed by atoms with Crippen LogP contribution in [0.25, 0.3) is 0 Å². The third-order valence-corrected chi connectivity index (χ3v) is 7.18. The summed E-state index contributed by atoms with van der Waals surface area (Å²) in [6.45, 7) is 10.9. The Morgan fingerprint density at radius 1 is 0.957 bits per heavy atom. The van der Waals surface area contributed by atoms with Gasteiger partial charge in [0.1, 0.15) is 0 Å². The Bertz CT molecular complexity index is 431. The third-order valence-electron chi connectivity index (χ3n) is 7.18. The molecule has 130 valence electrons. The molecule has 3 aliphatic rings. The van der Waals surface area contributed by atoms with Crippen LogP contribution in [0.4, 0.5) is 0 Å². The Morgan fingerprint density at radius 3 is 2.04 bits per heavy atom. The van der Waals surface area contributed by atoms with Crippen LogP contribution < -0.4 is 0 Å². The number of allylic oxidation sites excluding steroid dienone is 2. The molecule has 2 nitrogen and oxygen atoms in total. The van der Waals surface area contributed by atoms with Crippen LogP contribution in [0, 0.1) is 17.8 Å². The maximum atomic E-state index is 6.22. The first-order valence-electron chi connectivity index (χ1n) is 9.87. The summed E-state index contributed by atoms with van der Waals surface area (Å²) in [7, 11) is -0.114. The first-order valence-corrected chi connectivity index (χ1v) is 9.87. The summed E-state index contributed by atoms with van der Waals surface area (Å²) in [5.41, 5.74) is 0.962. The Balaban J connectivity index is 1.55. The van der Waals surface area contributed by atoms with Crippen molar-refractivity contribution in [2.75, 3.05) is 0 Å². The third kappa shape index (κ3) is 3.56. The van der Waals surface area contributed by atoms with Crippen molar-refractivity contribution in [3.63, 3.8) is 0 Å². The molecule has 0 aromatic carbocycles. The minimum absolute atomic E-state index is 0.114. The lowest BCUT2D eigenvalue weighted by Crippen LogP contribution is -2.41. The highest BCUT2D eigenvalue weighted by molar-refractivity contribution is 6.54. The molecule has 3 heteroatoms. The molecule has 1 saturated carbocycles. The minimum atomic E-state index is -0.214. The molecule has 0 aromatic heterocycles. The fourth-order valence-electron chi connectivity index (χ4n) is 4.58. The lowest BCUT2D eigenvalue weighted by molar-refractivity contribution is 0.00578. The van der Waals surface area contributed by atoms with Crippen LogP contribution in [0.1, 0.15) is 86.0 Å². The smallest absolute Gasteiger partial charge is 0.400 e.